The van der Waals surface area contributed by atoms with Crippen molar-refractivity contribution in [3.05, 3.63) is 11.1 Å². The van der Waals surface area contributed by atoms with Gasteiger partial charge in [0.1, 0.15) is 0 Å². The average Bonchev–Trinajstić information content (AvgIpc) is 2.70. The van der Waals surface area contributed by atoms with Gasteiger partial charge in [0.2, 0.25) is 0 Å². The first-order valence-electron chi connectivity index (χ1n) is 7.88. The van der Waals surface area contributed by atoms with Crippen molar-refractivity contribution in [1.29, 1.82) is 0 Å². The minimum atomic E-state index is -0.397. The Hall–Kier alpha value is -1.45. The lowest BCUT2D eigenvalue weighted by atomic mass is 9.73. The van der Waals surface area contributed by atoms with Crippen molar-refractivity contribution in [1.82, 2.24) is 0 Å². The number of carbonyl (C=O) groups is 3. The summed E-state index contributed by atoms with van der Waals surface area (Å²) < 4.78 is 4.91. The molecule has 1 saturated carbocycles. The summed E-state index contributed by atoms with van der Waals surface area (Å²) in [5.41, 5.74) is 1.33. The van der Waals surface area contributed by atoms with E-state index < -0.39 is 5.92 Å². The molecule has 0 amide bonds. The van der Waals surface area contributed by atoms with Gasteiger partial charge in [0.05, 0.1) is 13.0 Å². The number of fused-ring (bicyclic) bond motifs is 1. The van der Waals surface area contributed by atoms with E-state index >= 15 is 0 Å². The molecular weight excluding hydrogens is 268 g/mol. The average molecular weight is 292 g/mol. The van der Waals surface area contributed by atoms with Crippen molar-refractivity contribution in [2.75, 3.05) is 7.11 Å². The van der Waals surface area contributed by atoms with E-state index in [1.807, 2.05) is 6.92 Å². The van der Waals surface area contributed by atoms with Gasteiger partial charge in [0.25, 0.3) is 0 Å². The fraction of sp³-hybridized carbons (Fsp3) is 0.706. The summed E-state index contributed by atoms with van der Waals surface area (Å²) in [6, 6.07) is 0. The number of methoxy groups -OCH3 is 1. The number of allylic oxidation sites excluding steroid dienone is 2. The highest BCUT2D eigenvalue weighted by Crippen LogP contribution is 2.46. The Bertz CT molecular complexity index is 489. The van der Waals surface area contributed by atoms with Gasteiger partial charge in [-0.05, 0) is 32.1 Å². The lowest BCUT2D eigenvalue weighted by Gasteiger charge is -2.29. The van der Waals surface area contributed by atoms with Crippen molar-refractivity contribution < 1.29 is 19.1 Å². The number of Topliss-reactive ketones (excluding diaryl/α,β-unsaturated/α-hetero) is 2. The van der Waals surface area contributed by atoms with Gasteiger partial charge in [-0.25, -0.2) is 0 Å². The highest BCUT2D eigenvalue weighted by atomic mass is 16.5. The molecular formula is C17H24O4. The van der Waals surface area contributed by atoms with E-state index in [0.717, 1.165) is 25.7 Å². The molecule has 0 spiro atoms. The summed E-state index contributed by atoms with van der Waals surface area (Å²) in [6.45, 7) is 3.44. The van der Waals surface area contributed by atoms with Gasteiger partial charge >= 0.3 is 5.97 Å². The second kappa shape index (κ2) is 6.54. The normalized spacial score (nSPS) is 29.7. The number of ether oxygens (including phenoxy) is 1. The Morgan fingerprint density at radius 3 is 2.43 bits per heavy atom. The molecule has 2 aliphatic rings. The fourth-order valence-corrected chi connectivity index (χ4v) is 4.05. The molecule has 21 heavy (non-hydrogen) atoms. The largest absolute Gasteiger partial charge is 0.469 e. The predicted molar refractivity (Wildman–Crippen MR) is 78.6 cm³/mol. The van der Waals surface area contributed by atoms with E-state index in [0.29, 0.717) is 24.0 Å². The van der Waals surface area contributed by atoms with Crippen LogP contribution in [0.25, 0.3) is 0 Å². The first-order valence-corrected chi connectivity index (χ1v) is 7.88. The van der Waals surface area contributed by atoms with Gasteiger partial charge < -0.3 is 4.74 Å². The standard InChI is InChI=1S/C17H24O4/c1-4-11-14(10(2)18)12-8-6-5-7-9-13(17(20)21-3)15(12)16(11)19/h12-13,15H,4-9H2,1-3H3/t12-,13+,15?/m0/s1. The Balaban J connectivity index is 2.44. The zero-order valence-electron chi connectivity index (χ0n) is 13.1. The third-order valence-corrected chi connectivity index (χ3v) is 4.93. The number of esters is 1. The second-order valence-electron chi connectivity index (χ2n) is 6.07. The van der Waals surface area contributed by atoms with Crippen LogP contribution in [0, 0.1) is 17.8 Å². The van der Waals surface area contributed by atoms with Crippen LogP contribution in [-0.4, -0.2) is 24.6 Å². The first kappa shape index (κ1) is 15.9. The van der Waals surface area contributed by atoms with E-state index in [-0.39, 0.29) is 29.4 Å². The van der Waals surface area contributed by atoms with Crippen LogP contribution in [0.15, 0.2) is 11.1 Å². The van der Waals surface area contributed by atoms with E-state index in [4.69, 9.17) is 4.74 Å². The van der Waals surface area contributed by atoms with Gasteiger partial charge in [0.15, 0.2) is 11.6 Å². The van der Waals surface area contributed by atoms with Crippen LogP contribution in [0.4, 0.5) is 0 Å². The smallest absolute Gasteiger partial charge is 0.309 e. The molecule has 4 heteroatoms. The van der Waals surface area contributed by atoms with Crippen LogP contribution >= 0.6 is 0 Å². The Kier molecular flexibility index (Phi) is 4.96. The summed E-state index contributed by atoms with van der Waals surface area (Å²) in [4.78, 5) is 36.9. The van der Waals surface area contributed by atoms with Crippen LogP contribution in [0.5, 0.6) is 0 Å². The van der Waals surface area contributed by atoms with Crippen molar-refractivity contribution in [3.63, 3.8) is 0 Å². The second-order valence-corrected chi connectivity index (χ2v) is 6.07. The maximum absolute atomic E-state index is 12.8. The topological polar surface area (TPSA) is 60.4 Å². The SMILES string of the molecule is CCC1=C(C(C)=O)[C@@H]2CCCCC[C@@H](C(=O)OC)C2C1=O. The van der Waals surface area contributed by atoms with E-state index in [2.05, 4.69) is 0 Å². The van der Waals surface area contributed by atoms with Crippen LogP contribution in [0.1, 0.15) is 52.4 Å². The van der Waals surface area contributed by atoms with Crippen molar-refractivity contribution in [3.8, 4) is 0 Å². The third-order valence-electron chi connectivity index (χ3n) is 4.93. The maximum Gasteiger partial charge on any atom is 0.309 e. The minimum absolute atomic E-state index is 0.00463. The predicted octanol–water partition coefficient (Wildman–Crippen LogP) is 2.85. The summed E-state index contributed by atoms with van der Waals surface area (Å²) >= 11 is 0. The molecule has 0 aromatic heterocycles. The first-order chi connectivity index (χ1) is 10.0. The van der Waals surface area contributed by atoms with Gasteiger partial charge in [-0.15, -0.1) is 0 Å². The minimum Gasteiger partial charge on any atom is -0.469 e. The molecule has 1 fully saturated rings. The highest BCUT2D eigenvalue weighted by molar-refractivity contribution is 6.11. The number of carbonyl (C=O) groups excluding carboxylic acids is 3. The van der Waals surface area contributed by atoms with Gasteiger partial charge in [-0.3, -0.25) is 14.4 Å². The number of hydrogen-bond acceptors (Lipinski definition) is 4. The molecule has 2 aliphatic carbocycles. The lowest BCUT2D eigenvalue weighted by Crippen LogP contribution is -2.34. The van der Waals surface area contributed by atoms with E-state index in [9.17, 15) is 14.4 Å². The van der Waals surface area contributed by atoms with Crippen LogP contribution < -0.4 is 0 Å². The Morgan fingerprint density at radius 2 is 1.86 bits per heavy atom. The van der Waals surface area contributed by atoms with Crippen LogP contribution in [-0.2, 0) is 19.1 Å². The van der Waals surface area contributed by atoms with Crippen molar-refractivity contribution >= 4 is 17.5 Å². The zero-order valence-corrected chi connectivity index (χ0v) is 13.1. The number of rotatable bonds is 3. The van der Waals surface area contributed by atoms with Gasteiger partial charge in [-0.2, -0.15) is 0 Å². The molecule has 0 aromatic rings. The summed E-state index contributed by atoms with van der Waals surface area (Å²) in [5, 5.41) is 0. The molecule has 1 unspecified atom stereocenters. The fourth-order valence-electron chi connectivity index (χ4n) is 4.05. The maximum atomic E-state index is 12.8. The van der Waals surface area contributed by atoms with Gasteiger partial charge in [-0.1, -0.05) is 26.2 Å². The molecule has 0 saturated heterocycles. The van der Waals surface area contributed by atoms with Gasteiger partial charge in [0, 0.05) is 17.1 Å². The van der Waals surface area contributed by atoms with E-state index in [1.54, 1.807) is 0 Å². The molecule has 0 aliphatic heterocycles. The molecule has 0 N–H and O–H groups in total. The van der Waals surface area contributed by atoms with Crippen LogP contribution in [0.2, 0.25) is 0 Å². The molecule has 4 nitrogen and oxygen atoms in total. The molecule has 0 heterocycles. The zero-order chi connectivity index (χ0) is 15.6. The number of ketones is 2. The molecule has 3 atom stereocenters. The Morgan fingerprint density at radius 1 is 1.19 bits per heavy atom. The Labute approximate surface area is 125 Å². The number of hydrogen-bond donors (Lipinski definition) is 0. The lowest BCUT2D eigenvalue weighted by molar-refractivity contribution is -0.150. The molecule has 0 radical (unpaired) electrons. The third kappa shape index (κ3) is 2.81. The molecule has 116 valence electrons. The highest BCUT2D eigenvalue weighted by Gasteiger charge is 2.48. The quantitative estimate of drug-likeness (QED) is 0.750. The van der Waals surface area contributed by atoms with E-state index in [1.165, 1.54) is 14.0 Å². The van der Waals surface area contributed by atoms with Crippen molar-refractivity contribution in [2.45, 2.75) is 52.4 Å². The van der Waals surface area contributed by atoms with Crippen LogP contribution in [0.3, 0.4) is 0 Å². The van der Waals surface area contributed by atoms with Crippen molar-refractivity contribution in [2.24, 2.45) is 17.8 Å². The monoisotopic (exact) mass is 292 g/mol. The summed E-state index contributed by atoms with van der Waals surface area (Å²) in [5.74, 6) is -1.19. The molecule has 0 bridgehead atoms. The molecule has 2 rings (SSSR count). The summed E-state index contributed by atoms with van der Waals surface area (Å²) in [6.07, 6.45) is 5.06. The molecule has 0 aromatic carbocycles. The summed E-state index contributed by atoms with van der Waals surface area (Å²) in [7, 11) is 1.37.